The molecule has 2 atom stereocenters. The highest BCUT2D eigenvalue weighted by Crippen LogP contribution is 2.48. The van der Waals surface area contributed by atoms with Crippen molar-refractivity contribution in [1.82, 2.24) is 34.0 Å². The fourth-order valence-electron chi connectivity index (χ4n) is 11.9. The van der Waals surface area contributed by atoms with Crippen LogP contribution in [0.1, 0.15) is 102 Å². The molecule has 4 aliphatic rings. The second kappa shape index (κ2) is 21.5. The van der Waals surface area contributed by atoms with Gasteiger partial charge in [0.25, 0.3) is 0 Å². The minimum atomic E-state index is -0.830. The average molecular weight is 1140 g/mol. The molecule has 4 aromatic heterocycles. The lowest BCUT2D eigenvalue weighted by molar-refractivity contribution is 0.0201. The van der Waals surface area contributed by atoms with Gasteiger partial charge in [-0.1, -0.05) is 39.8 Å². The van der Waals surface area contributed by atoms with Crippen molar-refractivity contribution in [2.75, 3.05) is 60.7 Å². The number of aromatic nitrogens is 6. The number of hydrogen-bond acceptors (Lipinski definition) is 14. The third-order valence-corrected chi connectivity index (χ3v) is 15.7. The number of nitrogen functional groups attached to an aromatic ring is 2. The molecule has 8 aromatic rings. The van der Waals surface area contributed by atoms with Crippen LogP contribution in [0.2, 0.25) is 0 Å². The van der Waals surface area contributed by atoms with Crippen molar-refractivity contribution >= 4 is 50.9 Å². The van der Waals surface area contributed by atoms with Gasteiger partial charge in [-0.05, 0) is 125 Å². The van der Waals surface area contributed by atoms with Crippen LogP contribution in [0, 0.1) is 37.1 Å². The Morgan fingerprint density at radius 2 is 1.13 bits per heavy atom. The lowest BCUT2D eigenvalue weighted by Crippen LogP contribution is -2.57. The molecule has 4 aliphatic heterocycles. The molecule has 0 saturated carbocycles. The summed E-state index contributed by atoms with van der Waals surface area (Å²) in [5, 5.41) is 0.653. The summed E-state index contributed by atoms with van der Waals surface area (Å²) >= 11 is 0. The van der Waals surface area contributed by atoms with Crippen molar-refractivity contribution in [1.29, 1.82) is 0 Å². The van der Waals surface area contributed by atoms with Crippen LogP contribution >= 0.6 is 0 Å². The molecule has 12 rings (SSSR count). The van der Waals surface area contributed by atoms with Crippen molar-refractivity contribution in [3.63, 3.8) is 0 Å². The van der Waals surface area contributed by atoms with Gasteiger partial charge >= 0.3 is 17.5 Å². The van der Waals surface area contributed by atoms with Crippen LogP contribution < -0.4 is 42.1 Å². The molecule has 432 valence electrons. The second-order valence-electron chi connectivity index (χ2n) is 23.2. The third kappa shape index (κ3) is 9.85. The molecule has 0 unspecified atom stereocenters. The minimum Gasteiger partial charge on any atom is -0.487 e. The standard InChI is InChI=1S/C33H36F2N6O4.C29H29F2N5O2/c1-17(2)27-28(18(3)10-11-37-27)41-23-14-20(24-21(34)8-7-9-22(24)36)26(35)29-25(23)30(38-31(41)42)40-13-12-39(15-19(40)16-44-29)32(43)45-33(4,5)6;1-15(2)25-26(16(3)10-11-33-25)36-21-13-18(22-19(30)8-6-9-20(22)32)24(31)27-23(21)28(34-29(36)37)35-12-5-4-7-17(35)14-38-27/h7-11,14,17,19H,12-13,15-16,36H2,1-6H3;6,8-11,13,15,17H,4-5,7,12,14,32H2,1-3H3/t19-;17-/m11/s1. The van der Waals surface area contributed by atoms with E-state index < -0.39 is 52.4 Å². The lowest BCUT2D eigenvalue weighted by Gasteiger charge is -2.41. The molecule has 8 heterocycles. The summed E-state index contributed by atoms with van der Waals surface area (Å²) < 4.78 is 84.2. The molecule has 1 amide bonds. The minimum absolute atomic E-state index is 0.00784. The average Bonchev–Trinajstić information content (AvgIpc) is 2.44. The molecule has 2 fully saturated rings. The van der Waals surface area contributed by atoms with E-state index in [1.807, 2.05) is 52.5 Å². The number of nitrogens with zero attached hydrogens (tertiary/aromatic N) is 9. The smallest absolute Gasteiger partial charge is 0.410 e. The van der Waals surface area contributed by atoms with Crippen molar-refractivity contribution in [3.8, 4) is 45.1 Å². The first kappa shape index (κ1) is 56.1. The molecule has 0 spiro atoms. The maximum Gasteiger partial charge on any atom is 0.410 e. The highest BCUT2D eigenvalue weighted by Gasteiger charge is 2.40. The first-order valence-electron chi connectivity index (χ1n) is 27.9. The van der Waals surface area contributed by atoms with E-state index in [4.69, 9.17) is 25.7 Å². The van der Waals surface area contributed by atoms with Crippen LogP contribution in [0.4, 0.5) is 45.4 Å². The fraction of sp³-hybridized carbons (Fsp3) is 0.371. The molecule has 83 heavy (non-hydrogen) atoms. The summed E-state index contributed by atoms with van der Waals surface area (Å²) in [6.07, 6.45) is 5.68. The number of aryl methyl sites for hydroxylation is 2. The van der Waals surface area contributed by atoms with E-state index in [-0.39, 0.29) is 99.5 Å². The largest absolute Gasteiger partial charge is 0.487 e. The number of hydrogen-bond donors (Lipinski definition) is 2. The van der Waals surface area contributed by atoms with E-state index in [0.29, 0.717) is 59.1 Å². The van der Waals surface area contributed by atoms with Gasteiger partial charge in [-0.3, -0.25) is 19.1 Å². The summed E-state index contributed by atoms with van der Waals surface area (Å²) in [5.74, 6) is -2.60. The normalized spacial score (nSPS) is 16.6. The maximum absolute atomic E-state index is 16.7. The number of carbonyl (C=O) groups is 1. The highest BCUT2D eigenvalue weighted by atomic mass is 19.1. The Morgan fingerprint density at radius 1 is 0.663 bits per heavy atom. The third-order valence-electron chi connectivity index (χ3n) is 15.7. The Labute approximate surface area is 476 Å². The monoisotopic (exact) mass is 1140 g/mol. The van der Waals surface area contributed by atoms with E-state index in [2.05, 4.69) is 24.8 Å². The molecule has 21 heteroatoms. The van der Waals surface area contributed by atoms with Gasteiger partial charge in [-0.25, -0.2) is 31.9 Å². The molecule has 2 saturated heterocycles. The van der Waals surface area contributed by atoms with Gasteiger partial charge in [-0.15, -0.1) is 0 Å². The number of piperidine rings is 1. The lowest BCUT2D eigenvalue weighted by atomic mass is 9.98. The maximum atomic E-state index is 16.7. The number of nitrogens with two attached hydrogens (primary N) is 2. The summed E-state index contributed by atoms with van der Waals surface area (Å²) in [4.78, 5) is 64.7. The predicted octanol–water partition coefficient (Wildman–Crippen LogP) is 11.0. The number of anilines is 4. The number of benzene rings is 4. The van der Waals surface area contributed by atoms with Gasteiger partial charge in [0.1, 0.15) is 42.1 Å². The number of carbonyl (C=O) groups excluding carboxylic acids is 1. The number of rotatable bonds is 6. The van der Waals surface area contributed by atoms with Crippen LogP contribution in [-0.4, -0.2) is 97.1 Å². The summed E-state index contributed by atoms with van der Waals surface area (Å²) in [7, 11) is 0. The molecule has 0 radical (unpaired) electrons. The Kier molecular flexibility index (Phi) is 14.6. The van der Waals surface area contributed by atoms with E-state index in [1.165, 1.54) is 57.7 Å². The second-order valence-corrected chi connectivity index (χ2v) is 23.2. The topological polar surface area (TPSA) is 202 Å². The van der Waals surface area contributed by atoms with E-state index in [0.717, 1.165) is 30.4 Å². The molecular weight excluding hydrogens is 1070 g/mol. The zero-order valence-corrected chi connectivity index (χ0v) is 47.7. The summed E-state index contributed by atoms with van der Waals surface area (Å²) in [6, 6.07) is 14.4. The number of halogens is 4. The van der Waals surface area contributed by atoms with Gasteiger partial charge < -0.3 is 40.4 Å². The predicted molar refractivity (Wildman–Crippen MR) is 312 cm³/mol. The summed E-state index contributed by atoms with van der Waals surface area (Å²) in [6.45, 7) is 18.7. The number of piperazine rings is 1. The first-order chi connectivity index (χ1) is 39.5. The zero-order chi connectivity index (χ0) is 59.1. The number of pyridine rings is 2. The Morgan fingerprint density at radius 3 is 1.59 bits per heavy atom. The fourth-order valence-corrected chi connectivity index (χ4v) is 11.9. The first-order valence-corrected chi connectivity index (χ1v) is 27.9. The van der Waals surface area contributed by atoms with Crippen molar-refractivity contribution in [3.05, 3.63) is 140 Å². The van der Waals surface area contributed by atoms with E-state index in [9.17, 15) is 14.4 Å². The Bertz CT molecular complexity index is 4030. The van der Waals surface area contributed by atoms with Gasteiger partial charge in [0, 0.05) is 72.2 Å². The number of amides is 1. The molecular formula is C62H65F4N11O6. The Hall–Kier alpha value is -8.75. The van der Waals surface area contributed by atoms with Crippen LogP contribution in [0.5, 0.6) is 11.5 Å². The van der Waals surface area contributed by atoms with Crippen molar-refractivity contribution in [2.24, 2.45) is 0 Å². The highest BCUT2D eigenvalue weighted by molar-refractivity contribution is 6.02. The van der Waals surface area contributed by atoms with Crippen LogP contribution in [0.25, 0.3) is 55.4 Å². The van der Waals surface area contributed by atoms with E-state index >= 15 is 17.6 Å². The van der Waals surface area contributed by atoms with Gasteiger partial charge in [0.15, 0.2) is 23.1 Å². The molecule has 17 nitrogen and oxygen atoms in total. The van der Waals surface area contributed by atoms with Crippen LogP contribution in [0.3, 0.4) is 0 Å². The van der Waals surface area contributed by atoms with Crippen molar-refractivity contribution in [2.45, 2.75) is 111 Å². The van der Waals surface area contributed by atoms with Crippen LogP contribution in [-0.2, 0) is 4.74 Å². The van der Waals surface area contributed by atoms with Gasteiger partial charge in [0.2, 0.25) is 0 Å². The quantitative estimate of drug-likeness (QED) is 0.118. The summed E-state index contributed by atoms with van der Waals surface area (Å²) in [5.41, 5.74) is 14.9. The molecule has 4 N–H and O–H groups in total. The molecule has 4 aromatic carbocycles. The number of ether oxygens (including phenoxy) is 3. The van der Waals surface area contributed by atoms with Gasteiger partial charge in [-0.2, -0.15) is 9.97 Å². The molecule has 0 aliphatic carbocycles. The Balaban J connectivity index is 0.000000176. The van der Waals surface area contributed by atoms with Crippen molar-refractivity contribution < 1.29 is 36.6 Å². The van der Waals surface area contributed by atoms with E-state index in [1.54, 1.807) is 44.1 Å². The van der Waals surface area contributed by atoms with Crippen LogP contribution in [0.15, 0.2) is 82.6 Å². The SMILES string of the molecule is Cc1ccnc(C(C)C)c1-n1c(=O)nc2c3c(c(F)c(-c4c(N)cccc4F)cc31)OC[C@H]1CCCCN21.Cc1ccnc(C(C)C)c1-n1c(=O)nc2c3c(c(F)c(-c4c(N)cccc4F)cc31)OC[C@H]1CN(C(=O)OC(C)(C)C)CCN21. The van der Waals surface area contributed by atoms with Gasteiger partial charge in [0.05, 0.1) is 56.7 Å². The molecule has 0 bridgehead atoms. The zero-order valence-electron chi connectivity index (χ0n) is 47.7. The number of fused-ring (bicyclic) bond motifs is 4.